The second kappa shape index (κ2) is 8.72. The molecule has 0 aromatic carbocycles. The predicted octanol–water partition coefficient (Wildman–Crippen LogP) is 2.20. The van der Waals surface area contributed by atoms with Gasteiger partial charge in [-0.2, -0.15) is 0 Å². The molecule has 96 valence electrons. The lowest BCUT2D eigenvalue weighted by Gasteiger charge is -2.17. The maximum Gasteiger partial charge on any atom is 0.318 e. The molecular formula is C11H24O4Si. The van der Waals surface area contributed by atoms with Crippen LogP contribution < -0.4 is 0 Å². The van der Waals surface area contributed by atoms with Crippen molar-refractivity contribution in [1.29, 1.82) is 0 Å². The smallest absolute Gasteiger partial charge is 0.318 e. The molecule has 0 radical (unpaired) electrons. The summed E-state index contributed by atoms with van der Waals surface area (Å²) < 4.78 is 15.6. The van der Waals surface area contributed by atoms with Crippen LogP contribution in [0.3, 0.4) is 0 Å². The van der Waals surface area contributed by atoms with Crippen LogP contribution in [0.4, 0.5) is 0 Å². The second-order valence-corrected chi connectivity index (χ2v) is 9.03. The van der Waals surface area contributed by atoms with Gasteiger partial charge in [0.2, 0.25) is 8.32 Å². The minimum absolute atomic E-state index is 0.0292. The van der Waals surface area contributed by atoms with Crippen LogP contribution in [0.5, 0.6) is 0 Å². The van der Waals surface area contributed by atoms with Gasteiger partial charge in [0.1, 0.15) is 6.61 Å². The standard InChI is InChI=1S/C11H24O4Si/c1-5-6-7-13-8-9-14-10-11(12)15-16(2,3)4/h5-10H2,1-4H3. The maximum atomic E-state index is 11.2. The van der Waals surface area contributed by atoms with Gasteiger partial charge < -0.3 is 13.9 Å². The molecule has 0 amide bonds. The first kappa shape index (κ1) is 15.6. The number of hydrogen-bond donors (Lipinski definition) is 0. The first-order valence-corrected chi connectivity index (χ1v) is 9.24. The molecule has 0 aliphatic carbocycles. The van der Waals surface area contributed by atoms with Crippen LogP contribution in [0.25, 0.3) is 0 Å². The summed E-state index contributed by atoms with van der Waals surface area (Å²) in [5.41, 5.74) is 0. The number of hydrogen-bond acceptors (Lipinski definition) is 4. The van der Waals surface area contributed by atoms with Crippen molar-refractivity contribution in [3.8, 4) is 0 Å². The molecule has 0 bridgehead atoms. The van der Waals surface area contributed by atoms with E-state index >= 15 is 0 Å². The van der Waals surface area contributed by atoms with Gasteiger partial charge in [0.05, 0.1) is 13.2 Å². The van der Waals surface area contributed by atoms with Gasteiger partial charge in [0.15, 0.2) is 0 Å². The fraction of sp³-hybridized carbons (Fsp3) is 0.909. The van der Waals surface area contributed by atoms with Crippen LogP contribution in [0, 0.1) is 0 Å². The zero-order chi connectivity index (χ0) is 12.4. The summed E-state index contributed by atoms with van der Waals surface area (Å²) in [4.78, 5) is 11.2. The van der Waals surface area contributed by atoms with Crippen molar-refractivity contribution in [2.45, 2.75) is 39.4 Å². The van der Waals surface area contributed by atoms with Gasteiger partial charge in [-0.3, -0.25) is 4.79 Å². The molecule has 16 heavy (non-hydrogen) atoms. The highest BCUT2D eigenvalue weighted by Gasteiger charge is 2.19. The molecule has 0 aliphatic rings. The predicted molar refractivity (Wildman–Crippen MR) is 66.0 cm³/mol. The lowest BCUT2D eigenvalue weighted by atomic mass is 10.4. The van der Waals surface area contributed by atoms with Crippen LogP contribution in [0.15, 0.2) is 0 Å². The van der Waals surface area contributed by atoms with Gasteiger partial charge in [-0.05, 0) is 26.1 Å². The van der Waals surface area contributed by atoms with Crippen molar-refractivity contribution in [3.63, 3.8) is 0 Å². The van der Waals surface area contributed by atoms with E-state index < -0.39 is 8.32 Å². The molecule has 4 nitrogen and oxygen atoms in total. The van der Waals surface area contributed by atoms with Crippen molar-refractivity contribution in [2.75, 3.05) is 26.4 Å². The Bertz CT molecular complexity index is 189. The molecule has 0 N–H and O–H groups in total. The SMILES string of the molecule is CCCCOCCOCC(=O)O[Si](C)(C)C. The molecule has 0 aliphatic heterocycles. The summed E-state index contributed by atoms with van der Waals surface area (Å²) in [5.74, 6) is -0.271. The van der Waals surface area contributed by atoms with Crippen LogP contribution in [0.2, 0.25) is 19.6 Å². The first-order chi connectivity index (χ1) is 7.45. The van der Waals surface area contributed by atoms with Crippen molar-refractivity contribution in [1.82, 2.24) is 0 Å². The minimum Gasteiger partial charge on any atom is -0.518 e. The van der Waals surface area contributed by atoms with Gasteiger partial charge in [-0.1, -0.05) is 13.3 Å². The summed E-state index contributed by atoms with van der Waals surface area (Å²) in [6.45, 7) is 9.81. The Morgan fingerprint density at radius 2 is 1.69 bits per heavy atom. The van der Waals surface area contributed by atoms with Gasteiger partial charge in [0, 0.05) is 6.61 Å². The second-order valence-electron chi connectivity index (χ2n) is 4.60. The van der Waals surface area contributed by atoms with Crippen LogP contribution in [-0.2, 0) is 18.7 Å². The third-order valence-electron chi connectivity index (χ3n) is 1.65. The summed E-state index contributed by atoms with van der Waals surface area (Å²) in [5, 5.41) is 0. The topological polar surface area (TPSA) is 44.8 Å². The highest BCUT2D eigenvalue weighted by atomic mass is 28.4. The maximum absolute atomic E-state index is 11.2. The Morgan fingerprint density at radius 3 is 2.25 bits per heavy atom. The molecule has 0 atom stereocenters. The molecule has 0 unspecified atom stereocenters. The van der Waals surface area contributed by atoms with E-state index in [4.69, 9.17) is 13.9 Å². The Morgan fingerprint density at radius 1 is 1.06 bits per heavy atom. The number of carbonyl (C=O) groups is 1. The summed E-state index contributed by atoms with van der Waals surface area (Å²) >= 11 is 0. The first-order valence-electron chi connectivity index (χ1n) is 5.83. The van der Waals surface area contributed by atoms with Gasteiger partial charge in [0.25, 0.3) is 0 Å². The molecule has 0 rings (SSSR count). The summed E-state index contributed by atoms with van der Waals surface area (Å²) in [7, 11) is -1.77. The lowest BCUT2D eigenvalue weighted by molar-refractivity contribution is -0.140. The molecule has 0 heterocycles. The zero-order valence-corrected chi connectivity index (χ0v) is 11.9. The largest absolute Gasteiger partial charge is 0.518 e. The summed E-state index contributed by atoms with van der Waals surface area (Å²) in [6, 6.07) is 0. The fourth-order valence-electron chi connectivity index (χ4n) is 0.993. The average Bonchev–Trinajstić information content (AvgIpc) is 2.13. The van der Waals surface area contributed by atoms with Crippen molar-refractivity contribution < 1.29 is 18.7 Å². The fourth-order valence-corrected chi connectivity index (χ4v) is 1.73. The quantitative estimate of drug-likeness (QED) is 0.463. The third-order valence-corrected chi connectivity index (χ3v) is 2.49. The van der Waals surface area contributed by atoms with Gasteiger partial charge in [-0.25, -0.2) is 0 Å². The number of unbranched alkanes of at least 4 members (excludes halogenated alkanes) is 1. The Hall–Kier alpha value is -0.393. The lowest BCUT2D eigenvalue weighted by Crippen LogP contribution is -2.31. The van der Waals surface area contributed by atoms with Gasteiger partial charge >= 0.3 is 5.97 Å². The molecule has 0 spiro atoms. The van der Waals surface area contributed by atoms with Crippen LogP contribution >= 0.6 is 0 Å². The summed E-state index contributed by atoms with van der Waals surface area (Å²) in [6.07, 6.45) is 2.20. The monoisotopic (exact) mass is 248 g/mol. The normalized spacial score (nSPS) is 11.5. The molecule has 5 heteroatoms. The number of carbonyl (C=O) groups excluding carboxylic acids is 1. The molecule has 0 fully saturated rings. The molecular weight excluding hydrogens is 224 g/mol. The highest BCUT2D eigenvalue weighted by Crippen LogP contribution is 2.02. The minimum atomic E-state index is -1.77. The average molecular weight is 248 g/mol. The van der Waals surface area contributed by atoms with Crippen molar-refractivity contribution in [2.24, 2.45) is 0 Å². The number of ether oxygens (including phenoxy) is 2. The van der Waals surface area contributed by atoms with Crippen LogP contribution in [0.1, 0.15) is 19.8 Å². The Kier molecular flexibility index (Phi) is 8.51. The zero-order valence-electron chi connectivity index (χ0n) is 10.9. The van der Waals surface area contributed by atoms with E-state index in [2.05, 4.69) is 6.92 Å². The van der Waals surface area contributed by atoms with Crippen LogP contribution in [-0.4, -0.2) is 40.7 Å². The van der Waals surface area contributed by atoms with E-state index in [0.717, 1.165) is 19.4 Å². The molecule has 0 aromatic rings. The van der Waals surface area contributed by atoms with Crippen molar-refractivity contribution >= 4 is 14.3 Å². The Balaban J connectivity index is 3.28. The van der Waals surface area contributed by atoms with E-state index in [1.54, 1.807) is 0 Å². The molecule has 0 aromatic heterocycles. The Labute approximate surface area is 99.4 Å². The molecule has 0 saturated carbocycles. The van der Waals surface area contributed by atoms with E-state index in [1.807, 2.05) is 19.6 Å². The highest BCUT2D eigenvalue weighted by molar-refractivity contribution is 6.71. The van der Waals surface area contributed by atoms with E-state index in [1.165, 1.54) is 0 Å². The van der Waals surface area contributed by atoms with E-state index in [0.29, 0.717) is 13.2 Å². The van der Waals surface area contributed by atoms with Gasteiger partial charge in [-0.15, -0.1) is 0 Å². The van der Waals surface area contributed by atoms with E-state index in [-0.39, 0.29) is 12.6 Å². The van der Waals surface area contributed by atoms with Crippen molar-refractivity contribution in [3.05, 3.63) is 0 Å². The molecule has 0 saturated heterocycles. The van der Waals surface area contributed by atoms with E-state index in [9.17, 15) is 4.79 Å². The number of rotatable bonds is 9. The third kappa shape index (κ3) is 11.7.